The van der Waals surface area contributed by atoms with Crippen molar-refractivity contribution in [2.24, 2.45) is 0 Å². The van der Waals surface area contributed by atoms with Gasteiger partial charge in [-0.15, -0.1) is 0 Å². The average molecular weight is 212 g/mol. The van der Waals surface area contributed by atoms with Crippen LogP contribution in [0.15, 0.2) is 0 Å². The van der Waals surface area contributed by atoms with Crippen LogP contribution in [0.1, 0.15) is 33.1 Å². The predicted octanol–water partition coefficient (Wildman–Crippen LogP) is -0.251. The Morgan fingerprint density at radius 2 is 1.93 bits per heavy atom. The summed E-state index contributed by atoms with van der Waals surface area (Å²) >= 11 is 0. The van der Waals surface area contributed by atoms with Crippen LogP contribution in [0.25, 0.3) is 0 Å². The Morgan fingerprint density at radius 3 is 2.40 bits per heavy atom. The van der Waals surface area contributed by atoms with Gasteiger partial charge in [0.1, 0.15) is 11.8 Å². The third-order valence-electron chi connectivity index (χ3n) is 2.10. The zero-order valence-corrected chi connectivity index (χ0v) is 9.00. The van der Waals surface area contributed by atoms with Crippen molar-refractivity contribution in [1.29, 1.82) is 0 Å². The van der Waals surface area contributed by atoms with Crippen LogP contribution in [-0.4, -0.2) is 29.7 Å². The first kappa shape index (κ1) is 11.7. The first-order chi connectivity index (χ1) is 6.99. The van der Waals surface area contributed by atoms with E-state index in [9.17, 15) is 14.4 Å². The summed E-state index contributed by atoms with van der Waals surface area (Å²) in [5.74, 6) is -0.794. The van der Waals surface area contributed by atoms with E-state index in [0.717, 1.165) is 12.8 Å². The smallest absolute Gasteiger partial charge is 0.242 e. The van der Waals surface area contributed by atoms with Gasteiger partial charge in [0.25, 0.3) is 0 Å². The van der Waals surface area contributed by atoms with Crippen molar-refractivity contribution in [3.05, 3.63) is 0 Å². The zero-order valence-electron chi connectivity index (χ0n) is 9.00. The maximum atomic E-state index is 11.4. The molecule has 0 saturated heterocycles. The number of carbonyl (C=O) groups excluding carboxylic acids is 3. The molecule has 2 N–H and O–H groups in total. The molecule has 1 fully saturated rings. The number of amides is 2. The summed E-state index contributed by atoms with van der Waals surface area (Å²) in [5, 5.41) is 5.25. The Labute approximate surface area is 88.6 Å². The van der Waals surface area contributed by atoms with Gasteiger partial charge < -0.3 is 10.6 Å². The van der Waals surface area contributed by atoms with Gasteiger partial charge in [-0.2, -0.15) is 0 Å². The Balaban J connectivity index is 2.26. The van der Waals surface area contributed by atoms with Crippen LogP contribution < -0.4 is 10.6 Å². The van der Waals surface area contributed by atoms with E-state index >= 15 is 0 Å². The molecule has 0 bridgehead atoms. The summed E-state index contributed by atoms with van der Waals surface area (Å²) in [6.07, 6.45) is 1.86. The van der Waals surface area contributed by atoms with E-state index in [1.807, 2.05) is 0 Å². The van der Waals surface area contributed by atoms with E-state index in [-0.39, 0.29) is 24.2 Å². The molecule has 0 radical (unpaired) electrons. The summed E-state index contributed by atoms with van der Waals surface area (Å²) in [4.78, 5) is 33.2. The SMILES string of the molecule is CC(=O)CC(=O)NC(C)C(=O)NC1CC1. The molecule has 1 aliphatic carbocycles. The van der Waals surface area contributed by atoms with Crippen LogP contribution in [0.2, 0.25) is 0 Å². The Morgan fingerprint density at radius 1 is 1.33 bits per heavy atom. The number of hydrogen-bond donors (Lipinski definition) is 2. The van der Waals surface area contributed by atoms with Crippen molar-refractivity contribution < 1.29 is 14.4 Å². The average Bonchev–Trinajstić information content (AvgIpc) is 2.86. The Hall–Kier alpha value is -1.39. The van der Waals surface area contributed by atoms with Gasteiger partial charge in [-0.25, -0.2) is 0 Å². The zero-order chi connectivity index (χ0) is 11.4. The van der Waals surface area contributed by atoms with Gasteiger partial charge in [-0.3, -0.25) is 14.4 Å². The molecular weight excluding hydrogens is 196 g/mol. The highest BCUT2D eigenvalue weighted by atomic mass is 16.2. The summed E-state index contributed by atoms with van der Waals surface area (Å²) < 4.78 is 0. The highest BCUT2D eigenvalue weighted by Crippen LogP contribution is 2.18. The van der Waals surface area contributed by atoms with E-state index in [4.69, 9.17) is 0 Å². The molecule has 84 valence electrons. The molecule has 2 amide bonds. The topological polar surface area (TPSA) is 75.3 Å². The lowest BCUT2D eigenvalue weighted by Crippen LogP contribution is -2.45. The van der Waals surface area contributed by atoms with Crippen molar-refractivity contribution in [2.75, 3.05) is 0 Å². The van der Waals surface area contributed by atoms with Gasteiger partial charge in [0.15, 0.2) is 0 Å². The summed E-state index contributed by atoms with van der Waals surface area (Å²) in [6.45, 7) is 2.95. The van der Waals surface area contributed by atoms with Crippen molar-refractivity contribution >= 4 is 17.6 Å². The minimum atomic E-state index is -0.572. The number of rotatable bonds is 5. The number of Topliss-reactive ketones (excluding diaryl/α,β-unsaturated/α-hetero) is 1. The highest BCUT2D eigenvalue weighted by molar-refractivity contribution is 5.98. The number of ketones is 1. The normalized spacial score (nSPS) is 16.7. The molecule has 0 aromatic heterocycles. The lowest BCUT2D eigenvalue weighted by Gasteiger charge is -2.13. The van der Waals surface area contributed by atoms with Crippen molar-refractivity contribution in [3.63, 3.8) is 0 Å². The molecule has 5 heteroatoms. The van der Waals surface area contributed by atoms with Crippen LogP contribution in [-0.2, 0) is 14.4 Å². The lowest BCUT2D eigenvalue weighted by atomic mass is 10.2. The Kier molecular flexibility index (Phi) is 3.82. The molecule has 0 spiro atoms. The quantitative estimate of drug-likeness (QED) is 0.617. The molecule has 1 rings (SSSR count). The molecule has 0 aliphatic heterocycles. The molecule has 0 aromatic rings. The number of carbonyl (C=O) groups is 3. The molecule has 0 aromatic carbocycles. The van der Waals surface area contributed by atoms with Crippen LogP contribution in [0.5, 0.6) is 0 Å². The van der Waals surface area contributed by atoms with Crippen molar-refractivity contribution in [3.8, 4) is 0 Å². The third kappa shape index (κ3) is 4.58. The van der Waals surface area contributed by atoms with E-state index in [0.29, 0.717) is 0 Å². The second kappa shape index (κ2) is 4.91. The molecule has 0 heterocycles. The molecular formula is C10H16N2O3. The van der Waals surface area contributed by atoms with E-state index in [1.54, 1.807) is 6.92 Å². The summed E-state index contributed by atoms with van der Waals surface area (Å²) in [5.41, 5.74) is 0. The Bertz CT molecular complexity index is 284. The van der Waals surface area contributed by atoms with Crippen molar-refractivity contribution in [2.45, 2.75) is 45.2 Å². The lowest BCUT2D eigenvalue weighted by molar-refractivity contribution is -0.131. The monoisotopic (exact) mass is 212 g/mol. The maximum Gasteiger partial charge on any atom is 0.242 e. The van der Waals surface area contributed by atoms with Crippen LogP contribution in [0.4, 0.5) is 0 Å². The molecule has 1 aliphatic rings. The molecule has 5 nitrogen and oxygen atoms in total. The second-order valence-electron chi connectivity index (χ2n) is 3.95. The van der Waals surface area contributed by atoms with Gasteiger partial charge in [-0.1, -0.05) is 0 Å². The van der Waals surface area contributed by atoms with Gasteiger partial charge in [-0.05, 0) is 26.7 Å². The predicted molar refractivity (Wildman–Crippen MR) is 54.1 cm³/mol. The fourth-order valence-electron chi connectivity index (χ4n) is 1.14. The number of nitrogens with one attached hydrogen (secondary N) is 2. The molecule has 15 heavy (non-hydrogen) atoms. The molecule has 1 atom stereocenters. The standard InChI is InChI=1S/C10H16N2O3/c1-6(13)5-9(14)11-7(2)10(15)12-8-3-4-8/h7-8H,3-5H2,1-2H3,(H,11,14)(H,12,15). The fourth-order valence-corrected chi connectivity index (χ4v) is 1.14. The van der Waals surface area contributed by atoms with E-state index in [1.165, 1.54) is 6.92 Å². The minimum Gasteiger partial charge on any atom is -0.352 e. The minimum absolute atomic E-state index is 0.166. The fraction of sp³-hybridized carbons (Fsp3) is 0.700. The third-order valence-corrected chi connectivity index (χ3v) is 2.10. The highest BCUT2D eigenvalue weighted by Gasteiger charge is 2.26. The first-order valence-corrected chi connectivity index (χ1v) is 5.08. The van der Waals surface area contributed by atoms with Gasteiger partial charge in [0, 0.05) is 6.04 Å². The second-order valence-corrected chi connectivity index (χ2v) is 3.95. The van der Waals surface area contributed by atoms with Crippen LogP contribution in [0, 0.1) is 0 Å². The van der Waals surface area contributed by atoms with Crippen molar-refractivity contribution in [1.82, 2.24) is 10.6 Å². The molecule has 1 unspecified atom stereocenters. The summed E-state index contributed by atoms with van der Waals surface area (Å²) in [6, 6.07) is -0.290. The summed E-state index contributed by atoms with van der Waals surface area (Å²) in [7, 11) is 0. The van der Waals surface area contributed by atoms with E-state index < -0.39 is 11.9 Å². The van der Waals surface area contributed by atoms with Gasteiger partial charge in [0.2, 0.25) is 11.8 Å². The van der Waals surface area contributed by atoms with Crippen LogP contribution >= 0.6 is 0 Å². The largest absolute Gasteiger partial charge is 0.352 e. The van der Waals surface area contributed by atoms with Gasteiger partial charge in [0.05, 0.1) is 6.42 Å². The van der Waals surface area contributed by atoms with Crippen LogP contribution in [0.3, 0.4) is 0 Å². The molecule has 1 saturated carbocycles. The maximum absolute atomic E-state index is 11.4. The van der Waals surface area contributed by atoms with Gasteiger partial charge >= 0.3 is 0 Å². The van der Waals surface area contributed by atoms with E-state index in [2.05, 4.69) is 10.6 Å². The number of hydrogen-bond acceptors (Lipinski definition) is 3. The first-order valence-electron chi connectivity index (χ1n) is 5.08.